The number of aromatic hydroxyl groups is 1. The molecule has 0 unspecified atom stereocenters. The van der Waals surface area contributed by atoms with Crippen LogP contribution in [0.5, 0.6) is 11.5 Å². The first-order valence-corrected chi connectivity index (χ1v) is 4.88. The van der Waals surface area contributed by atoms with Crippen molar-refractivity contribution in [2.75, 3.05) is 12.4 Å². The van der Waals surface area contributed by atoms with Gasteiger partial charge in [-0.05, 0) is 12.1 Å². The summed E-state index contributed by atoms with van der Waals surface area (Å²) in [6, 6.07) is 2.30. The molecule has 1 aromatic rings. The SMILES string of the molecule is COc1c(C(=O)CBr)ccc(F)c1O. The number of hydrogen-bond donors (Lipinski definition) is 1. The van der Waals surface area contributed by atoms with Crippen molar-refractivity contribution in [3.8, 4) is 11.5 Å². The Bertz CT molecular complexity index is 365. The Balaban J connectivity index is 3.31. The largest absolute Gasteiger partial charge is 0.502 e. The van der Waals surface area contributed by atoms with Crippen molar-refractivity contribution in [3.05, 3.63) is 23.5 Å². The van der Waals surface area contributed by atoms with E-state index in [4.69, 9.17) is 4.74 Å². The molecule has 1 aromatic carbocycles. The van der Waals surface area contributed by atoms with Crippen molar-refractivity contribution in [1.29, 1.82) is 0 Å². The highest BCUT2D eigenvalue weighted by Crippen LogP contribution is 2.32. The van der Waals surface area contributed by atoms with E-state index in [-0.39, 0.29) is 22.4 Å². The van der Waals surface area contributed by atoms with Crippen molar-refractivity contribution in [3.63, 3.8) is 0 Å². The van der Waals surface area contributed by atoms with Crippen molar-refractivity contribution in [2.45, 2.75) is 0 Å². The second-order valence-electron chi connectivity index (χ2n) is 2.53. The molecule has 0 aliphatic rings. The number of benzene rings is 1. The van der Waals surface area contributed by atoms with E-state index in [2.05, 4.69) is 15.9 Å². The first-order chi connectivity index (χ1) is 6.61. The highest BCUT2D eigenvalue weighted by atomic mass is 79.9. The number of rotatable bonds is 3. The minimum absolute atomic E-state index is 0.0917. The Hall–Kier alpha value is -1.10. The number of phenols is 1. The molecule has 0 saturated heterocycles. The Morgan fingerprint density at radius 1 is 1.64 bits per heavy atom. The Kier molecular flexibility index (Phi) is 3.46. The van der Waals surface area contributed by atoms with E-state index >= 15 is 0 Å². The van der Waals surface area contributed by atoms with Gasteiger partial charge in [0.1, 0.15) is 0 Å². The molecule has 0 spiro atoms. The maximum atomic E-state index is 12.9. The maximum absolute atomic E-state index is 12.9. The number of halogens is 2. The minimum atomic E-state index is -0.812. The fourth-order valence-electron chi connectivity index (χ4n) is 1.05. The van der Waals surface area contributed by atoms with Gasteiger partial charge >= 0.3 is 0 Å². The van der Waals surface area contributed by atoms with Crippen LogP contribution in [0.1, 0.15) is 10.4 Å². The molecule has 76 valence electrons. The third kappa shape index (κ3) is 1.87. The number of alkyl halides is 1. The molecule has 0 bridgehead atoms. The quantitative estimate of drug-likeness (QED) is 0.671. The van der Waals surface area contributed by atoms with Crippen LogP contribution in [0.2, 0.25) is 0 Å². The Labute approximate surface area is 88.6 Å². The van der Waals surface area contributed by atoms with E-state index in [0.29, 0.717) is 0 Å². The van der Waals surface area contributed by atoms with Gasteiger partial charge in [-0.15, -0.1) is 0 Å². The summed E-state index contributed by atoms with van der Waals surface area (Å²) in [4.78, 5) is 11.3. The van der Waals surface area contributed by atoms with Crippen LogP contribution >= 0.6 is 15.9 Å². The van der Waals surface area contributed by atoms with E-state index in [1.165, 1.54) is 13.2 Å². The summed E-state index contributed by atoms with van der Waals surface area (Å²) in [5.74, 6) is -1.86. The second-order valence-corrected chi connectivity index (χ2v) is 3.09. The first kappa shape index (κ1) is 11.0. The summed E-state index contributed by atoms with van der Waals surface area (Å²) >= 11 is 2.98. The van der Waals surface area contributed by atoms with Gasteiger partial charge in [0.25, 0.3) is 0 Å². The van der Waals surface area contributed by atoms with Gasteiger partial charge in [0.15, 0.2) is 23.1 Å². The number of methoxy groups -OCH3 is 1. The molecular weight excluding hydrogens is 255 g/mol. The number of Topliss-reactive ketones (excluding diaryl/α,β-unsaturated/α-hetero) is 1. The minimum Gasteiger partial charge on any atom is -0.502 e. The van der Waals surface area contributed by atoms with Crippen LogP contribution in [0.25, 0.3) is 0 Å². The van der Waals surface area contributed by atoms with Gasteiger partial charge in [0.05, 0.1) is 18.0 Å². The monoisotopic (exact) mass is 262 g/mol. The summed E-state index contributed by atoms with van der Waals surface area (Å²) in [6.07, 6.45) is 0. The highest BCUT2D eigenvalue weighted by Gasteiger charge is 2.17. The number of ketones is 1. The smallest absolute Gasteiger partial charge is 0.195 e. The van der Waals surface area contributed by atoms with Crippen molar-refractivity contribution >= 4 is 21.7 Å². The summed E-state index contributed by atoms with van der Waals surface area (Å²) in [7, 11) is 1.26. The average molecular weight is 263 g/mol. The standard InChI is InChI=1S/C9H8BrFO3/c1-14-9-5(7(12)4-10)2-3-6(11)8(9)13/h2-3,13H,4H2,1H3. The third-order valence-corrected chi connectivity index (χ3v) is 2.22. The van der Waals surface area contributed by atoms with Crippen LogP contribution < -0.4 is 4.74 Å². The second kappa shape index (κ2) is 4.41. The lowest BCUT2D eigenvalue weighted by Crippen LogP contribution is -2.03. The predicted octanol–water partition coefficient (Wildman–Crippen LogP) is 2.12. The van der Waals surface area contributed by atoms with Gasteiger partial charge in [0, 0.05) is 0 Å². The van der Waals surface area contributed by atoms with Crippen LogP contribution in [-0.2, 0) is 0 Å². The zero-order chi connectivity index (χ0) is 10.7. The molecule has 0 saturated carbocycles. The van der Waals surface area contributed by atoms with Crippen LogP contribution in [0.4, 0.5) is 4.39 Å². The zero-order valence-electron chi connectivity index (χ0n) is 7.38. The molecule has 0 aliphatic carbocycles. The fourth-order valence-corrected chi connectivity index (χ4v) is 1.35. The average Bonchev–Trinajstić information content (AvgIpc) is 2.20. The number of ether oxygens (including phenoxy) is 1. The highest BCUT2D eigenvalue weighted by molar-refractivity contribution is 9.09. The van der Waals surface area contributed by atoms with Crippen molar-refractivity contribution in [1.82, 2.24) is 0 Å². The van der Waals surface area contributed by atoms with Gasteiger partial charge in [-0.2, -0.15) is 0 Å². The van der Waals surface area contributed by atoms with Gasteiger partial charge < -0.3 is 9.84 Å². The van der Waals surface area contributed by atoms with E-state index in [1.807, 2.05) is 0 Å². The topological polar surface area (TPSA) is 46.5 Å². The number of carbonyl (C=O) groups excluding carboxylic acids is 1. The van der Waals surface area contributed by atoms with Gasteiger partial charge in [-0.3, -0.25) is 4.79 Å². The van der Waals surface area contributed by atoms with Crippen LogP contribution in [0.3, 0.4) is 0 Å². The third-order valence-electron chi connectivity index (χ3n) is 1.71. The van der Waals surface area contributed by atoms with Crippen LogP contribution in [0, 0.1) is 5.82 Å². The summed E-state index contributed by atoms with van der Waals surface area (Å²) in [5, 5.41) is 9.35. The van der Waals surface area contributed by atoms with Crippen LogP contribution in [-0.4, -0.2) is 23.3 Å². The zero-order valence-corrected chi connectivity index (χ0v) is 8.97. The molecule has 0 heterocycles. The molecule has 5 heteroatoms. The predicted molar refractivity (Wildman–Crippen MR) is 52.7 cm³/mol. The molecule has 0 aliphatic heterocycles. The molecule has 0 radical (unpaired) electrons. The molecule has 0 fully saturated rings. The first-order valence-electron chi connectivity index (χ1n) is 3.76. The molecule has 1 N–H and O–H groups in total. The lowest BCUT2D eigenvalue weighted by atomic mass is 10.1. The van der Waals surface area contributed by atoms with E-state index in [0.717, 1.165) is 6.07 Å². The summed E-state index contributed by atoms with van der Waals surface area (Å²) in [5.41, 5.74) is 0.156. The number of hydrogen-bond acceptors (Lipinski definition) is 3. The van der Waals surface area contributed by atoms with Gasteiger partial charge in [0.2, 0.25) is 0 Å². The summed E-state index contributed by atoms with van der Waals surface area (Å²) < 4.78 is 17.6. The normalized spacial score (nSPS) is 9.93. The lowest BCUT2D eigenvalue weighted by molar-refractivity contribution is 0.102. The molecule has 0 amide bonds. The molecule has 3 nitrogen and oxygen atoms in total. The van der Waals surface area contributed by atoms with Crippen LogP contribution in [0.15, 0.2) is 12.1 Å². The molecular formula is C9H8BrFO3. The maximum Gasteiger partial charge on any atom is 0.195 e. The molecule has 14 heavy (non-hydrogen) atoms. The van der Waals surface area contributed by atoms with Crippen molar-refractivity contribution < 1.29 is 19.0 Å². The molecule has 0 aromatic heterocycles. The molecule has 1 rings (SSSR count). The fraction of sp³-hybridized carbons (Fsp3) is 0.222. The van der Waals surface area contributed by atoms with Crippen molar-refractivity contribution in [2.24, 2.45) is 0 Å². The van der Waals surface area contributed by atoms with E-state index in [1.54, 1.807) is 0 Å². The Morgan fingerprint density at radius 2 is 2.29 bits per heavy atom. The molecule has 0 atom stereocenters. The number of phenolic OH excluding ortho intramolecular Hbond substituents is 1. The van der Waals surface area contributed by atoms with Gasteiger partial charge in [-0.1, -0.05) is 15.9 Å². The van der Waals surface area contributed by atoms with E-state index in [9.17, 15) is 14.3 Å². The number of carbonyl (C=O) groups is 1. The van der Waals surface area contributed by atoms with E-state index < -0.39 is 11.6 Å². The Morgan fingerprint density at radius 3 is 2.79 bits per heavy atom. The summed E-state index contributed by atoms with van der Waals surface area (Å²) in [6.45, 7) is 0. The lowest BCUT2D eigenvalue weighted by Gasteiger charge is -2.08. The van der Waals surface area contributed by atoms with Gasteiger partial charge in [-0.25, -0.2) is 4.39 Å².